The Morgan fingerprint density at radius 1 is 1.04 bits per heavy atom. The molecule has 0 radical (unpaired) electrons. The first-order valence-electron chi connectivity index (χ1n) is 7.83. The molecule has 2 aromatic carbocycles. The molecule has 6 heteroatoms. The number of thioether (sulfide) groups is 1. The molecule has 1 atom stereocenters. The van der Waals surface area contributed by atoms with Crippen molar-refractivity contribution in [1.29, 1.82) is 0 Å². The molecule has 1 amide bonds. The van der Waals surface area contributed by atoms with Crippen LogP contribution in [0.25, 0.3) is 0 Å². The third-order valence-electron chi connectivity index (χ3n) is 3.66. The van der Waals surface area contributed by atoms with E-state index in [0.29, 0.717) is 6.42 Å². The molecule has 3 rings (SSSR count). The van der Waals surface area contributed by atoms with Gasteiger partial charge in [0.25, 0.3) is 0 Å². The van der Waals surface area contributed by atoms with E-state index in [-0.39, 0.29) is 24.4 Å². The minimum Gasteiger partial charge on any atom is -0.356 e. The molecule has 0 saturated carbocycles. The monoisotopic (exact) mass is 363 g/mol. The number of benzene rings is 2. The average molecular weight is 364 g/mol. The van der Waals surface area contributed by atoms with E-state index >= 15 is 0 Å². The average Bonchev–Trinajstić information content (AvgIpc) is 2.58. The largest absolute Gasteiger partial charge is 0.356 e. The molecule has 3 N–H and O–H groups in total. The fourth-order valence-electron chi connectivity index (χ4n) is 2.51. The second kappa shape index (κ2) is 9.57. The number of anilines is 3. The maximum Gasteiger partial charge on any atom is 0.225 e. The zero-order chi connectivity index (χ0) is 15.9. The Labute approximate surface area is 153 Å². The molecule has 1 aliphatic rings. The molecule has 0 spiro atoms. The fraction of sp³-hybridized carbons (Fsp3) is 0.278. The zero-order valence-electron chi connectivity index (χ0n) is 13.3. The van der Waals surface area contributed by atoms with E-state index < -0.39 is 0 Å². The minimum absolute atomic E-state index is 0. The van der Waals surface area contributed by atoms with Crippen molar-refractivity contribution in [3.63, 3.8) is 0 Å². The number of amides is 1. The summed E-state index contributed by atoms with van der Waals surface area (Å²) in [6.07, 6.45) is 0.525. The van der Waals surface area contributed by atoms with Gasteiger partial charge < -0.3 is 16.0 Å². The third-order valence-corrected chi connectivity index (χ3v) is 4.79. The summed E-state index contributed by atoms with van der Waals surface area (Å²) in [5.41, 5.74) is 2.88. The van der Waals surface area contributed by atoms with Crippen LogP contribution in [0.4, 0.5) is 17.1 Å². The molecule has 0 aromatic heterocycles. The Bertz CT molecular complexity index is 630. The smallest absolute Gasteiger partial charge is 0.225 e. The first-order valence-corrected chi connectivity index (χ1v) is 8.98. The minimum atomic E-state index is 0. The maximum absolute atomic E-state index is 12.1. The van der Waals surface area contributed by atoms with Gasteiger partial charge in [-0.1, -0.05) is 18.2 Å². The molecule has 0 aliphatic carbocycles. The summed E-state index contributed by atoms with van der Waals surface area (Å²) in [4.78, 5) is 12.1. The zero-order valence-corrected chi connectivity index (χ0v) is 15.0. The number of nitrogens with one attached hydrogen (secondary N) is 3. The van der Waals surface area contributed by atoms with Crippen LogP contribution in [0.5, 0.6) is 0 Å². The molecular formula is C18H22ClN3OS. The fourth-order valence-corrected chi connectivity index (χ4v) is 3.46. The lowest BCUT2D eigenvalue weighted by atomic mass is 10.2. The van der Waals surface area contributed by atoms with Gasteiger partial charge in [0, 0.05) is 47.6 Å². The van der Waals surface area contributed by atoms with Gasteiger partial charge in [-0.15, -0.1) is 12.4 Å². The van der Waals surface area contributed by atoms with Crippen LogP contribution >= 0.6 is 24.2 Å². The van der Waals surface area contributed by atoms with Crippen molar-refractivity contribution in [2.45, 2.75) is 12.5 Å². The molecular weight excluding hydrogens is 342 g/mol. The number of hydrogen-bond donors (Lipinski definition) is 3. The molecule has 24 heavy (non-hydrogen) atoms. The van der Waals surface area contributed by atoms with Gasteiger partial charge in [0.15, 0.2) is 0 Å². The molecule has 1 fully saturated rings. The summed E-state index contributed by atoms with van der Waals surface area (Å²) < 4.78 is 0. The summed E-state index contributed by atoms with van der Waals surface area (Å²) >= 11 is 1.90. The first-order chi connectivity index (χ1) is 11.3. The van der Waals surface area contributed by atoms with Gasteiger partial charge >= 0.3 is 0 Å². The van der Waals surface area contributed by atoms with E-state index in [1.165, 1.54) is 0 Å². The summed E-state index contributed by atoms with van der Waals surface area (Å²) in [7, 11) is 0. The molecule has 0 bridgehead atoms. The predicted octanol–water partition coefficient (Wildman–Crippen LogP) is 3.89. The van der Waals surface area contributed by atoms with Crippen molar-refractivity contribution in [3.8, 4) is 0 Å². The lowest BCUT2D eigenvalue weighted by Crippen LogP contribution is -2.39. The number of para-hydroxylation sites is 1. The van der Waals surface area contributed by atoms with E-state index in [9.17, 15) is 4.79 Å². The Hall–Kier alpha value is -1.69. The lowest BCUT2D eigenvalue weighted by molar-refractivity contribution is -0.116. The summed E-state index contributed by atoms with van der Waals surface area (Å²) in [6.45, 7) is 0.989. The molecule has 4 nitrogen and oxygen atoms in total. The molecule has 1 heterocycles. The van der Waals surface area contributed by atoms with Gasteiger partial charge in [-0.2, -0.15) is 11.8 Å². The quantitative estimate of drug-likeness (QED) is 0.754. The molecule has 1 saturated heterocycles. The second-order valence-corrected chi connectivity index (χ2v) is 6.70. The van der Waals surface area contributed by atoms with Crippen LogP contribution < -0.4 is 16.0 Å². The number of carbonyl (C=O) groups is 1. The first kappa shape index (κ1) is 18.6. The van der Waals surface area contributed by atoms with Crippen LogP contribution in [0.15, 0.2) is 54.6 Å². The molecule has 1 aliphatic heterocycles. The van der Waals surface area contributed by atoms with Crippen LogP contribution in [0.2, 0.25) is 0 Å². The highest BCUT2D eigenvalue weighted by atomic mass is 35.5. The number of rotatable bonds is 5. The van der Waals surface area contributed by atoms with Crippen LogP contribution in [0, 0.1) is 0 Å². The van der Waals surface area contributed by atoms with Crippen LogP contribution in [0.1, 0.15) is 6.42 Å². The lowest BCUT2D eigenvalue weighted by Gasteiger charge is -2.22. The maximum atomic E-state index is 12.1. The standard InChI is InChI=1S/C18H21N3OS.ClH/c22-18(12-17-13-23-11-10-19-17)21-16-8-6-15(7-9-16)20-14-4-2-1-3-5-14;/h1-9,17,19-20H,10-13H2,(H,21,22);1H. The van der Waals surface area contributed by atoms with Gasteiger partial charge in [-0.05, 0) is 36.4 Å². The predicted molar refractivity (Wildman–Crippen MR) is 106 cm³/mol. The van der Waals surface area contributed by atoms with Gasteiger partial charge in [0.1, 0.15) is 0 Å². The van der Waals surface area contributed by atoms with Crippen LogP contribution in [-0.2, 0) is 4.79 Å². The van der Waals surface area contributed by atoms with Crippen LogP contribution in [-0.4, -0.2) is 30.0 Å². The molecule has 1 unspecified atom stereocenters. The highest BCUT2D eigenvalue weighted by molar-refractivity contribution is 7.99. The van der Waals surface area contributed by atoms with E-state index in [4.69, 9.17) is 0 Å². The SMILES string of the molecule is Cl.O=C(CC1CSCCN1)Nc1ccc(Nc2ccccc2)cc1. The van der Waals surface area contributed by atoms with Crippen LogP contribution in [0.3, 0.4) is 0 Å². The van der Waals surface area contributed by atoms with Crippen molar-refractivity contribution in [2.75, 3.05) is 28.7 Å². The van der Waals surface area contributed by atoms with E-state index in [2.05, 4.69) is 16.0 Å². The number of carbonyl (C=O) groups excluding carboxylic acids is 1. The van der Waals surface area contributed by atoms with Gasteiger partial charge in [0.05, 0.1) is 0 Å². The van der Waals surface area contributed by atoms with Crippen molar-refractivity contribution in [1.82, 2.24) is 5.32 Å². The molecule has 128 valence electrons. The van der Waals surface area contributed by atoms with E-state index in [1.54, 1.807) is 0 Å². The van der Waals surface area contributed by atoms with Crippen molar-refractivity contribution in [2.24, 2.45) is 0 Å². The third kappa shape index (κ3) is 5.74. The summed E-state index contributed by atoms with van der Waals surface area (Å²) in [5, 5.41) is 9.67. The van der Waals surface area contributed by atoms with Gasteiger partial charge in [-0.25, -0.2) is 0 Å². The van der Waals surface area contributed by atoms with Crippen molar-refractivity contribution >= 4 is 47.1 Å². The second-order valence-electron chi connectivity index (χ2n) is 5.55. The highest BCUT2D eigenvalue weighted by Crippen LogP contribution is 2.19. The van der Waals surface area contributed by atoms with Gasteiger partial charge in [0.2, 0.25) is 5.91 Å². The van der Waals surface area contributed by atoms with E-state index in [1.807, 2.05) is 66.4 Å². The Kier molecular flexibility index (Phi) is 7.43. The van der Waals surface area contributed by atoms with E-state index in [0.717, 1.165) is 35.1 Å². The Morgan fingerprint density at radius 3 is 2.38 bits per heavy atom. The van der Waals surface area contributed by atoms with Crippen molar-refractivity contribution in [3.05, 3.63) is 54.6 Å². The number of halogens is 1. The Morgan fingerprint density at radius 2 is 1.71 bits per heavy atom. The highest BCUT2D eigenvalue weighted by Gasteiger charge is 2.16. The summed E-state index contributed by atoms with van der Waals surface area (Å²) in [6, 6.07) is 18.1. The summed E-state index contributed by atoms with van der Waals surface area (Å²) in [5.74, 6) is 2.20. The topological polar surface area (TPSA) is 53.2 Å². The van der Waals surface area contributed by atoms with Crippen molar-refractivity contribution < 1.29 is 4.79 Å². The molecule has 2 aromatic rings. The number of hydrogen-bond acceptors (Lipinski definition) is 4. The Balaban J connectivity index is 0.00000208. The normalized spacial score (nSPS) is 16.8. The van der Waals surface area contributed by atoms with Gasteiger partial charge in [-0.3, -0.25) is 4.79 Å².